The number of ether oxygens (including phenoxy) is 1. The standard InChI is InChI=1S/C23H34N4O3/c1-17(2)15-19(26-11-13-29-14-12-26)16-24-22(28)18-7-9-27(10-8-18)23-25-20-5-3-4-6-21(20)30-23/h3-6,17-19H,7-16H2,1-2H3,(H,24,28). The van der Waals surface area contributed by atoms with Gasteiger partial charge in [-0.2, -0.15) is 4.98 Å². The van der Waals surface area contributed by atoms with E-state index < -0.39 is 0 Å². The number of amides is 1. The average Bonchev–Trinajstić information content (AvgIpc) is 3.21. The van der Waals surface area contributed by atoms with Gasteiger partial charge < -0.3 is 19.4 Å². The zero-order valence-electron chi connectivity index (χ0n) is 18.2. The number of carbonyl (C=O) groups excluding carboxylic acids is 1. The molecule has 2 aliphatic rings. The van der Waals surface area contributed by atoms with Crippen molar-refractivity contribution >= 4 is 23.0 Å². The van der Waals surface area contributed by atoms with Crippen molar-refractivity contribution in [3.05, 3.63) is 24.3 Å². The van der Waals surface area contributed by atoms with Crippen LogP contribution in [-0.2, 0) is 9.53 Å². The van der Waals surface area contributed by atoms with Crippen LogP contribution in [0.15, 0.2) is 28.7 Å². The highest BCUT2D eigenvalue weighted by Crippen LogP contribution is 2.26. The summed E-state index contributed by atoms with van der Waals surface area (Å²) in [5, 5.41) is 3.25. The number of rotatable bonds is 7. The van der Waals surface area contributed by atoms with Crippen LogP contribution in [0.25, 0.3) is 11.1 Å². The second-order valence-electron chi connectivity index (χ2n) is 8.90. The highest BCUT2D eigenvalue weighted by atomic mass is 16.5. The van der Waals surface area contributed by atoms with Gasteiger partial charge in [-0.05, 0) is 37.3 Å². The lowest BCUT2D eigenvalue weighted by molar-refractivity contribution is -0.126. The Morgan fingerprint density at radius 2 is 1.90 bits per heavy atom. The molecule has 1 aromatic heterocycles. The third kappa shape index (κ3) is 5.13. The number of piperidine rings is 1. The summed E-state index contributed by atoms with van der Waals surface area (Å²) in [6.45, 7) is 10.3. The Morgan fingerprint density at radius 3 is 2.60 bits per heavy atom. The Kier molecular flexibility index (Phi) is 6.89. The first-order valence-corrected chi connectivity index (χ1v) is 11.3. The van der Waals surface area contributed by atoms with Gasteiger partial charge in [0.15, 0.2) is 5.58 Å². The van der Waals surface area contributed by atoms with Crippen LogP contribution in [0.5, 0.6) is 0 Å². The van der Waals surface area contributed by atoms with Gasteiger partial charge in [-0.25, -0.2) is 0 Å². The Labute approximate surface area is 178 Å². The number of fused-ring (bicyclic) bond motifs is 1. The molecule has 2 aliphatic heterocycles. The van der Waals surface area contributed by atoms with E-state index in [0.717, 1.165) is 76.3 Å². The van der Waals surface area contributed by atoms with E-state index >= 15 is 0 Å². The molecule has 7 nitrogen and oxygen atoms in total. The lowest BCUT2D eigenvalue weighted by atomic mass is 9.95. The molecule has 0 aliphatic carbocycles. The molecule has 1 N–H and O–H groups in total. The molecule has 4 rings (SSSR count). The van der Waals surface area contributed by atoms with Gasteiger partial charge in [0.1, 0.15) is 5.52 Å². The summed E-state index contributed by atoms with van der Waals surface area (Å²) in [6.07, 6.45) is 2.75. The number of carbonyl (C=O) groups is 1. The number of oxazole rings is 1. The van der Waals surface area contributed by atoms with Gasteiger partial charge in [-0.3, -0.25) is 9.69 Å². The minimum Gasteiger partial charge on any atom is -0.423 e. The van der Waals surface area contributed by atoms with Crippen molar-refractivity contribution in [1.29, 1.82) is 0 Å². The van der Waals surface area contributed by atoms with Gasteiger partial charge in [-0.1, -0.05) is 26.0 Å². The molecule has 3 heterocycles. The van der Waals surface area contributed by atoms with Crippen molar-refractivity contribution in [2.45, 2.75) is 39.2 Å². The van der Waals surface area contributed by atoms with E-state index in [2.05, 4.69) is 33.9 Å². The van der Waals surface area contributed by atoms with E-state index in [4.69, 9.17) is 9.15 Å². The largest absolute Gasteiger partial charge is 0.423 e. The molecule has 2 fully saturated rings. The van der Waals surface area contributed by atoms with E-state index in [1.165, 1.54) is 0 Å². The number of anilines is 1. The Morgan fingerprint density at radius 1 is 1.17 bits per heavy atom. The Bertz CT molecular complexity index is 790. The summed E-state index contributed by atoms with van der Waals surface area (Å²) >= 11 is 0. The minimum absolute atomic E-state index is 0.0648. The first kappa shape index (κ1) is 21.1. The van der Waals surface area contributed by atoms with E-state index in [1.54, 1.807) is 0 Å². The molecule has 2 saturated heterocycles. The molecule has 2 aromatic rings. The lowest BCUT2D eigenvalue weighted by Gasteiger charge is -2.36. The van der Waals surface area contributed by atoms with Crippen molar-refractivity contribution in [2.24, 2.45) is 11.8 Å². The monoisotopic (exact) mass is 414 g/mol. The highest BCUT2D eigenvalue weighted by molar-refractivity contribution is 5.79. The number of morpholine rings is 1. The zero-order valence-corrected chi connectivity index (χ0v) is 18.2. The van der Waals surface area contributed by atoms with Gasteiger partial charge in [0, 0.05) is 44.7 Å². The normalized spacial score (nSPS) is 20.0. The first-order chi connectivity index (χ1) is 14.6. The maximum Gasteiger partial charge on any atom is 0.298 e. The molecule has 0 saturated carbocycles. The summed E-state index contributed by atoms with van der Waals surface area (Å²) in [7, 11) is 0. The lowest BCUT2D eigenvalue weighted by Crippen LogP contribution is -2.50. The number of para-hydroxylation sites is 2. The maximum atomic E-state index is 12.8. The third-order valence-corrected chi connectivity index (χ3v) is 6.24. The number of aromatic nitrogens is 1. The van der Waals surface area contributed by atoms with Crippen LogP contribution >= 0.6 is 0 Å². The van der Waals surface area contributed by atoms with Crippen LogP contribution < -0.4 is 10.2 Å². The number of hydrogen-bond donors (Lipinski definition) is 1. The van der Waals surface area contributed by atoms with Crippen LogP contribution in [-0.4, -0.2) is 67.8 Å². The molecule has 1 aromatic carbocycles. The zero-order chi connectivity index (χ0) is 20.9. The summed E-state index contributed by atoms with van der Waals surface area (Å²) in [6, 6.07) is 8.88. The van der Waals surface area contributed by atoms with Crippen molar-refractivity contribution in [3.63, 3.8) is 0 Å². The minimum atomic E-state index is 0.0648. The molecular weight excluding hydrogens is 380 g/mol. The van der Waals surface area contributed by atoms with E-state index in [9.17, 15) is 4.79 Å². The van der Waals surface area contributed by atoms with Crippen LogP contribution in [0.3, 0.4) is 0 Å². The summed E-state index contributed by atoms with van der Waals surface area (Å²) < 4.78 is 11.4. The van der Waals surface area contributed by atoms with Crippen molar-refractivity contribution in [1.82, 2.24) is 15.2 Å². The fourth-order valence-corrected chi connectivity index (χ4v) is 4.54. The van der Waals surface area contributed by atoms with E-state index in [-0.39, 0.29) is 11.8 Å². The molecule has 1 unspecified atom stereocenters. The number of nitrogens with one attached hydrogen (secondary N) is 1. The summed E-state index contributed by atoms with van der Waals surface area (Å²) in [5.41, 5.74) is 1.69. The second kappa shape index (κ2) is 9.79. The SMILES string of the molecule is CC(C)CC(CNC(=O)C1CCN(c2nc3ccccc3o2)CC1)N1CCOCC1. The molecule has 7 heteroatoms. The molecule has 0 spiro atoms. The van der Waals surface area contributed by atoms with Gasteiger partial charge in [0.05, 0.1) is 13.2 Å². The van der Waals surface area contributed by atoms with E-state index in [0.29, 0.717) is 18.0 Å². The molecule has 1 amide bonds. The molecule has 0 radical (unpaired) electrons. The predicted molar refractivity (Wildman–Crippen MR) is 118 cm³/mol. The molecular formula is C23H34N4O3. The number of hydrogen-bond acceptors (Lipinski definition) is 6. The molecule has 164 valence electrons. The van der Waals surface area contributed by atoms with Crippen molar-refractivity contribution in [3.8, 4) is 0 Å². The van der Waals surface area contributed by atoms with Crippen LogP contribution in [0.2, 0.25) is 0 Å². The van der Waals surface area contributed by atoms with Gasteiger partial charge >= 0.3 is 0 Å². The summed E-state index contributed by atoms with van der Waals surface area (Å²) in [5.74, 6) is 0.860. The molecule has 0 bridgehead atoms. The predicted octanol–water partition coefficient (Wildman–Crippen LogP) is 2.91. The van der Waals surface area contributed by atoms with Gasteiger partial charge in [-0.15, -0.1) is 0 Å². The Hall–Kier alpha value is -2.12. The summed E-state index contributed by atoms with van der Waals surface area (Å²) in [4.78, 5) is 22.1. The van der Waals surface area contributed by atoms with E-state index in [1.807, 2.05) is 24.3 Å². The quantitative estimate of drug-likeness (QED) is 0.751. The maximum absolute atomic E-state index is 12.8. The molecule has 1 atom stereocenters. The van der Waals surface area contributed by atoms with Crippen LogP contribution in [0.1, 0.15) is 33.1 Å². The van der Waals surface area contributed by atoms with Gasteiger partial charge in [0.2, 0.25) is 5.91 Å². The first-order valence-electron chi connectivity index (χ1n) is 11.3. The number of nitrogens with zero attached hydrogens (tertiary/aromatic N) is 3. The van der Waals surface area contributed by atoms with Crippen molar-refractivity contribution < 1.29 is 13.9 Å². The average molecular weight is 415 g/mol. The fourth-order valence-electron chi connectivity index (χ4n) is 4.54. The Balaban J connectivity index is 1.28. The smallest absolute Gasteiger partial charge is 0.298 e. The van der Waals surface area contributed by atoms with Crippen molar-refractivity contribution in [2.75, 3.05) is 50.8 Å². The topological polar surface area (TPSA) is 70.8 Å². The van der Waals surface area contributed by atoms with Crippen LogP contribution in [0.4, 0.5) is 6.01 Å². The van der Waals surface area contributed by atoms with Crippen LogP contribution in [0, 0.1) is 11.8 Å². The third-order valence-electron chi connectivity index (χ3n) is 6.24. The highest BCUT2D eigenvalue weighted by Gasteiger charge is 2.28. The van der Waals surface area contributed by atoms with Gasteiger partial charge in [0.25, 0.3) is 6.01 Å². The number of benzene rings is 1. The second-order valence-corrected chi connectivity index (χ2v) is 8.90. The fraction of sp³-hybridized carbons (Fsp3) is 0.652. The molecule has 30 heavy (non-hydrogen) atoms.